The average molecular weight is 277 g/mol. The third-order valence-corrected chi connectivity index (χ3v) is 3.99. The van der Waals surface area contributed by atoms with E-state index < -0.39 is 6.10 Å². The van der Waals surface area contributed by atoms with Crippen LogP contribution in [0.4, 0.5) is 0 Å². The van der Waals surface area contributed by atoms with Crippen molar-refractivity contribution in [2.75, 3.05) is 20.2 Å². The first-order valence-electron chi connectivity index (χ1n) is 7.20. The van der Waals surface area contributed by atoms with Crippen molar-refractivity contribution in [3.63, 3.8) is 0 Å². The van der Waals surface area contributed by atoms with Crippen LogP contribution >= 0.6 is 0 Å². The molecule has 0 spiro atoms. The van der Waals surface area contributed by atoms with Crippen molar-refractivity contribution in [3.05, 3.63) is 29.8 Å². The lowest BCUT2D eigenvalue weighted by Gasteiger charge is -2.24. The lowest BCUT2D eigenvalue weighted by Crippen LogP contribution is -2.34. The molecule has 4 heteroatoms. The third kappa shape index (κ3) is 3.73. The first-order chi connectivity index (χ1) is 9.60. The van der Waals surface area contributed by atoms with Crippen LogP contribution in [0.1, 0.15) is 37.9 Å². The Labute approximate surface area is 120 Å². The highest BCUT2D eigenvalue weighted by Crippen LogP contribution is 2.22. The molecule has 0 bridgehead atoms. The van der Waals surface area contributed by atoms with E-state index in [0.29, 0.717) is 18.9 Å². The molecule has 1 aliphatic heterocycles. The van der Waals surface area contributed by atoms with Crippen molar-refractivity contribution in [2.45, 2.75) is 32.3 Å². The van der Waals surface area contributed by atoms with Crippen LogP contribution in [0.3, 0.4) is 0 Å². The van der Waals surface area contributed by atoms with Gasteiger partial charge in [0.15, 0.2) is 0 Å². The molecule has 110 valence electrons. The van der Waals surface area contributed by atoms with Crippen LogP contribution in [0.25, 0.3) is 0 Å². The smallest absolute Gasteiger partial charge is 0.222 e. The number of carbonyl (C=O) groups is 1. The summed E-state index contributed by atoms with van der Waals surface area (Å²) in [5, 5.41) is 10.3. The first kappa shape index (κ1) is 14.9. The number of carbonyl (C=O) groups excluding carboxylic acids is 1. The molecular weight excluding hydrogens is 254 g/mol. The third-order valence-electron chi connectivity index (χ3n) is 3.99. The average Bonchev–Trinajstić information content (AvgIpc) is 2.63. The summed E-state index contributed by atoms with van der Waals surface area (Å²) in [6.45, 7) is 3.29. The highest BCUT2D eigenvalue weighted by Gasteiger charge is 2.22. The van der Waals surface area contributed by atoms with Crippen molar-refractivity contribution in [3.8, 4) is 5.75 Å². The van der Waals surface area contributed by atoms with Crippen LogP contribution in [0, 0.1) is 5.92 Å². The SMILES string of the molecule is COc1ccc(C(O)CN2CCC(C)CCC2=O)cc1. The second-order valence-electron chi connectivity index (χ2n) is 5.56. The Hall–Kier alpha value is -1.55. The molecule has 4 nitrogen and oxygen atoms in total. The van der Waals surface area contributed by atoms with Gasteiger partial charge >= 0.3 is 0 Å². The number of aliphatic hydroxyl groups is 1. The van der Waals surface area contributed by atoms with Crippen molar-refractivity contribution in [1.82, 2.24) is 4.90 Å². The Morgan fingerprint density at radius 2 is 2.05 bits per heavy atom. The molecule has 1 N–H and O–H groups in total. The van der Waals surface area contributed by atoms with Gasteiger partial charge in [-0.1, -0.05) is 19.1 Å². The second-order valence-corrected chi connectivity index (χ2v) is 5.56. The van der Waals surface area contributed by atoms with Crippen molar-refractivity contribution in [1.29, 1.82) is 0 Å². The molecule has 0 saturated carbocycles. The summed E-state index contributed by atoms with van der Waals surface area (Å²) in [5.41, 5.74) is 0.816. The van der Waals surface area contributed by atoms with Gasteiger partial charge in [-0.05, 0) is 36.5 Å². The van der Waals surface area contributed by atoms with E-state index in [0.717, 1.165) is 30.7 Å². The highest BCUT2D eigenvalue weighted by atomic mass is 16.5. The van der Waals surface area contributed by atoms with Crippen LogP contribution < -0.4 is 4.74 Å². The summed E-state index contributed by atoms with van der Waals surface area (Å²) in [4.78, 5) is 13.8. The molecule has 1 amide bonds. The first-order valence-corrected chi connectivity index (χ1v) is 7.20. The lowest BCUT2D eigenvalue weighted by molar-refractivity contribution is -0.132. The van der Waals surface area contributed by atoms with Crippen LogP contribution in [0.2, 0.25) is 0 Å². The predicted octanol–water partition coefficient (Wildman–Crippen LogP) is 2.38. The Bertz CT molecular complexity index is 444. The molecule has 1 aromatic rings. The molecule has 0 radical (unpaired) electrons. The summed E-state index contributed by atoms with van der Waals surface area (Å²) in [6, 6.07) is 7.33. The summed E-state index contributed by atoms with van der Waals surface area (Å²) in [6.07, 6.45) is 1.92. The molecule has 1 saturated heterocycles. The fourth-order valence-electron chi connectivity index (χ4n) is 2.51. The second kappa shape index (κ2) is 6.75. The van der Waals surface area contributed by atoms with Crippen LogP contribution in [0.15, 0.2) is 24.3 Å². The number of ether oxygens (including phenoxy) is 1. The summed E-state index contributed by atoms with van der Waals surface area (Å²) in [7, 11) is 1.61. The van der Waals surface area contributed by atoms with Gasteiger partial charge in [-0.25, -0.2) is 0 Å². The van der Waals surface area contributed by atoms with Gasteiger partial charge in [0.2, 0.25) is 5.91 Å². The van der Waals surface area contributed by atoms with E-state index in [4.69, 9.17) is 4.74 Å². The van der Waals surface area contributed by atoms with Crippen molar-refractivity contribution < 1.29 is 14.6 Å². The van der Waals surface area contributed by atoms with Crippen LogP contribution in [-0.4, -0.2) is 36.1 Å². The maximum atomic E-state index is 12.0. The van der Waals surface area contributed by atoms with Crippen LogP contribution in [-0.2, 0) is 4.79 Å². The zero-order chi connectivity index (χ0) is 14.5. The quantitative estimate of drug-likeness (QED) is 0.919. The molecule has 0 aromatic heterocycles. The zero-order valence-electron chi connectivity index (χ0n) is 12.2. The number of nitrogens with zero attached hydrogens (tertiary/aromatic N) is 1. The Morgan fingerprint density at radius 3 is 2.70 bits per heavy atom. The van der Waals surface area contributed by atoms with Gasteiger partial charge < -0.3 is 14.7 Å². The number of methoxy groups -OCH3 is 1. The topological polar surface area (TPSA) is 49.8 Å². The highest BCUT2D eigenvalue weighted by molar-refractivity contribution is 5.76. The number of aliphatic hydroxyl groups excluding tert-OH is 1. The van der Waals surface area contributed by atoms with E-state index in [1.54, 1.807) is 12.0 Å². The van der Waals surface area contributed by atoms with Gasteiger partial charge in [0.1, 0.15) is 5.75 Å². The Balaban J connectivity index is 1.98. The van der Waals surface area contributed by atoms with Crippen LogP contribution in [0.5, 0.6) is 5.75 Å². The van der Waals surface area contributed by atoms with Gasteiger partial charge in [0.05, 0.1) is 19.8 Å². The summed E-state index contributed by atoms with van der Waals surface area (Å²) >= 11 is 0. The monoisotopic (exact) mass is 277 g/mol. The Kier molecular flexibility index (Phi) is 5.01. The molecule has 2 unspecified atom stereocenters. The molecule has 1 aromatic carbocycles. The van der Waals surface area contributed by atoms with Gasteiger partial charge in [0, 0.05) is 13.0 Å². The maximum absolute atomic E-state index is 12.0. The lowest BCUT2D eigenvalue weighted by atomic mass is 10.0. The van der Waals surface area contributed by atoms with Gasteiger partial charge in [-0.3, -0.25) is 4.79 Å². The van der Waals surface area contributed by atoms with Gasteiger partial charge in [-0.15, -0.1) is 0 Å². The maximum Gasteiger partial charge on any atom is 0.222 e. The number of likely N-dealkylation sites (tertiary alicyclic amines) is 1. The van der Waals surface area contributed by atoms with Gasteiger partial charge in [0.25, 0.3) is 0 Å². The summed E-state index contributed by atoms with van der Waals surface area (Å²) < 4.78 is 5.10. The number of hydrogen-bond acceptors (Lipinski definition) is 3. The molecule has 20 heavy (non-hydrogen) atoms. The largest absolute Gasteiger partial charge is 0.497 e. The minimum absolute atomic E-state index is 0.155. The number of rotatable bonds is 4. The van der Waals surface area contributed by atoms with E-state index in [2.05, 4.69) is 6.92 Å². The van der Waals surface area contributed by atoms with Gasteiger partial charge in [-0.2, -0.15) is 0 Å². The van der Waals surface area contributed by atoms with E-state index in [1.807, 2.05) is 24.3 Å². The normalized spacial score (nSPS) is 21.4. The van der Waals surface area contributed by atoms with E-state index >= 15 is 0 Å². The molecule has 1 heterocycles. The minimum Gasteiger partial charge on any atom is -0.497 e. The minimum atomic E-state index is -0.640. The fraction of sp³-hybridized carbons (Fsp3) is 0.562. The number of benzene rings is 1. The molecule has 1 fully saturated rings. The standard InChI is InChI=1S/C16H23NO3/c1-12-3-8-16(19)17(10-9-12)11-15(18)13-4-6-14(20-2)7-5-13/h4-7,12,15,18H,3,8-11H2,1-2H3. The molecule has 2 atom stereocenters. The predicted molar refractivity (Wildman–Crippen MR) is 77.5 cm³/mol. The molecule has 0 aliphatic carbocycles. The fourth-order valence-corrected chi connectivity index (χ4v) is 2.51. The van der Waals surface area contributed by atoms with E-state index in [9.17, 15) is 9.90 Å². The molecule has 2 rings (SSSR count). The Morgan fingerprint density at radius 1 is 1.35 bits per heavy atom. The zero-order valence-corrected chi connectivity index (χ0v) is 12.2. The number of β-amino-alcohol motifs (C(OH)–C–C–N with tert-alkyl or cyclic N) is 1. The number of hydrogen-bond donors (Lipinski definition) is 1. The number of amides is 1. The van der Waals surface area contributed by atoms with Crippen molar-refractivity contribution >= 4 is 5.91 Å². The summed E-state index contributed by atoms with van der Waals surface area (Å²) in [5.74, 6) is 1.50. The van der Waals surface area contributed by atoms with Crippen molar-refractivity contribution in [2.24, 2.45) is 5.92 Å². The van der Waals surface area contributed by atoms with E-state index in [1.165, 1.54) is 0 Å². The molecular formula is C16H23NO3. The molecule has 1 aliphatic rings. The van der Waals surface area contributed by atoms with E-state index in [-0.39, 0.29) is 5.91 Å².